The SMILES string of the molecule is O[C@@H]1O[C@@H](COCc2ccccc2)[C@H](OCc2ccccc2)[C@@H](OCc2ccccc2)[C@H]1OCc1ccccc1. The van der Waals surface area contributed by atoms with Crippen molar-refractivity contribution >= 4 is 0 Å². The molecular weight excluding hydrogens is 504 g/mol. The molecule has 0 aliphatic carbocycles. The predicted molar refractivity (Wildman–Crippen MR) is 152 cm³/mol. The summed E-state index contributed by atoms with van der Waals surface area (Å²) in [6.07, 6.45) is -3.72. The van der Waals surface area contributed by atoms with E-state index < -0.39 is 30.7 Å². The molecule has 6 nitrogen and oxygen atoms in total. The lowest BCUT2D eigenvalue weighted by Gasteiger charge is -2.44. The molecule has 5 rings (SSSR count). The molecule has 40 heavy (non-hydrogen) atoms. The van der Waals surface area contributed by atoms with Crippen LogP contribution in [-0.2, 0) is 50.1 Å². The Hall–Kier alpha value is -3.36. The molecule has 208 valence electrons. The molecule has 1 aliphatic heterocycles. The van der Waals surface area contributed by atoms with Crippen molar-refractivity contribution in [2.45, 2.75) is 57.1 Å². The second-order valence-electron chi connectivity index (χ2n) is 9.85. The summed E-state index contributed by atoms with van der Waals surface area (Å²) < 4.78 is 31.4. The van der Waals surface area contributed by atoms with E-state index >= 15 is 0 Å². The Morgan fingerprint density at radius 1 is 0.475 bits per heavy atom. The minimum Gasteiger partial charge on any atom is -0.374 e. The average molecular weight is 541 g/mol. The number of hydrogen-bond donors (Lipinski definition) is 1. The van der Waals surface area contributed by atoms with E-state index in [2.05, 4.69) is 0 Å². The van der Waals surface area contributed by atoms with Crippen molar-refractivity contribution in [1.29, 1.82) is 0 Å². The van der Waals surface area contributed by atoms with Crippen LogP contribution in [0, 0.1) is 0 Å². The normalized spacial score (nSPS) is 22.7. The van der Waals surface area contributed by atoms with E-state index in [0.717, 1.165) is 22.3 Å². The van der Waals surface area contributed by atoms with Gasteiger partial charge in [-0.05, 0) is 22.3 Å². The van der Waals surface area contributed by atoms with Crippen molar-refractivity contribution in [3.05, 3.63) is 144 Å². The van der Waals surface area contributed by atoms with Crippen molar-refractivity contribution in [1.82, 2.24) is 0 Å². The molecule has 0 amide bonds. The summed E-state index contributed by atoms with van der Waals surface area (Å²) >= 11 is 0. The maximum atomic E-state index is 11.2. The van der Waals surface area contributed by atoms with Crippen LogP contribution in [0.3, 0.4) is 0 Å². The highest BCUT2D eigenvalue weighted by Gasteiger charge is 2.48. The van der Waals surface area contributed by atoms with E-state index in [9.17, 15) is 5.11 Å². The second kappa shape index (κ2) is 14.9. The van der Waals surface area contributed by atoms with Crippen LogP contribution in [0.4, 0.5) is 0 Å². The first-order chi connectivity index (χ1) is 19.8. The summed E-state index contributed by atoms with van der Waals surface area (Å²) in [5.41, 5.74) is 4.10. The highest BCUT2D eigenvalue weighted by Crippen LogP contribution is 2.30. The van der Waals surface area contributed by atoms with Gasteiger partial charge in [-0.25, -0.2) is 0 Å². The number of benzene rings is 4. The Balaban J connectivity index is 1.36. The Morgan fingerprint density at radius 2 is 0.850 bits per heavy atom. The van der Waals surface area contributed by atoms with Gasteiger partial charge in [0.15, 0.2) is 6.29 Å². The maximum absolute atomic E-state index is 11.2. The molecule has 0 radical (unpaired) electrons. The van der Waals surface area contributed by atoms with Crippen molar-refractivity contribution < 1.29 is 28.8 Å². The van der Waals surface area contributed by atoms with Crippen LogP contribution in [0.15, 0.2) is 121 Å². The van der Waals surface area contributed by atoms with Crippen LogP contribution < -0.4 is 0 Å². The molecule has 1 N–H and O–H groups in total. The fraction of sp³-hybridized carbons (Fsp3) is 0.294. The van der Waals surface area contributed by atoms with E-state index in [-0.39, 0.29) is 6.61 Å². The van der Waals surface area contributed by atoms with Crippen molar-refractivity contribution in [2.24, 2.45) is 0 Å². The standard InChI is InChI=1S/C34H36O6/c35-34-33(39-24-29-19-11-4-12-20-29)32(38-23-28-17-9-3-10-18-28)31(37-22-27-15-7-2-8-16-27)30(40-34)25-36-21-26-13-5-1-6-14-26/h1-20,30-35H,21-25H2/t30-,31-,32+,33+,34+/m0/s1. The van der Waals surface area contributed by atoms with Crippen LogP contribution in [0.1, 0.15) is 22.3 Å². The fourth-order valence-corrected chi connectivity index (χ4v) is 4.77. The lowest BCUT2D eigenvalue weighted by atomic mass is 9.98. The van der Waals surface area contributed by atoms with Crippen LogP contribution in [0.25, 0.3) is 0 Å². The van der Waals surface area contributed by atoms with Gasteiger partial charge in [0.25, 0.3) is 0 Å². The number of ether oxygens (including phenoxy) is 5. The van der Waals surface area contributed by atoms with Gasteiger partial charge in [-0.15, -0.1) is 0 Å². The Kier molecular flexibility index (Phi) is 10.5. The maximum Gasteiger partial charge on any atom is 0.184 e. The van der Waals surface area contributed by atoms with Crippen LogP contribution in [0.5, 0.6) is 0 Å². The first-order valence-corrected chi connectivity index (χ1v) is 13.7. The first-order valence-electron chi connectivity index (χ1n) is 13.7. The minimum absolute atomic E-state index is 0.224. The van der Waals surface area contributed by atoms with E-state index in [1.807, 2.05) is 121 Å². The van der Waals surface area contributed by atoms with E-state index in [1.54, 1.807) is 0 Å². The number of hydrogen-bond acceptors (Lipinski definition) is 6. The van der Waals surface area contributed by atoms with Gasteiger partial charge in [-0.1, -0.05) is 121 Å². The van der Waals surface area contributed by atoms with E-state index in [1.165, 1.54) is 0 Å². The molecule has 4 aromatic carbocycles. The monoisotopic (exact) mass is 540 g/mol. The predicted octanol–water partition coefficient (Wildman–Crippen LogP) is 5.68. The topological polar surface area (TPSA) is 66.4 Å². The average Bonchev–Trinajstić information content (AvgIpc) is 3.01. The Morgan fingerprint density at radius 3 is 1.30 bits per heavy atom. The summed E-state index contributed by atoms with van der Waals surface area (Å²) in [4.78, 5) is 0. The van der Waals surface area contributed by atoms with Gasteiger partial charge in [0.05, 0.1) is 33.0 Å². The van der Waals surface area contributed by atoms with Gasteiger partial charge >= 0.3 is 0 Å². The molecule has 1 aliphatic rings. The van der Waals surface area contributed by atoms with Gasteiger partial charge in [0.2, 0.25) is 0 Å². The molecule has 4 aromatic rings. The number of rotatable bonds is 13. The summed E-state index contributed by atoms with van der Waals surface area (Å²) in [6, 6.07) is 39.7. The third-order valence-corrected chi connectivity index (χ3v) is 6.86. The zero-order valence-corrected chi connectivity index (χ0v) is 22.5. The van der Waals surface area contributed by atoms with E-state index in [0.29, 0.717) is 26.4 Å². The minimum atomic E-state index is -1.22. The summed E-state index contributed by atoms with van der Waals surface area (Å²) in [5.74, 6) is 0. The molecular formula is C34H36O6. The highest BCUT2D eigenvalue weighted by atomic mass is 16.7. The summed E-state index contributed by atoms with van der Waals surface area (Å²) in [7, 11) is 0. The highest BCUT2D eigenvalue weighted by molar-refractivity contribution is 5.16. The van der Waals surface area contributed by atoms with Gasteiger partial charge < -0.3 is 28.8 Å². The first kappa shape index (κ1) is 28.2. The second-order valence-corrected chi connectivity index (χ2v) is 9.85. The zero-order chi connectivity index (χ0) is 27.4. The third-order valence-electron chi connectivity index (χ3n) is 6.86. The van der Waals surface area contributed by atoms with Crippen molar-refractivity contribution in [2.75, 3.05) is 6.61 Å². The van der Waals surface area contributed by atoms with Crippen molar-refractivity contribution in [3.8, 4) is 0 Å². The summed E-state index contributed by atoms with van der Waals surface area (Å²) in [6.45, 7) is 1.65. The molecule has 6 heteroatoms. The molecule has 1 heterocycles. The Bertz CT molecular complexity index is 1240. The quantitative estimate of drug-likeness (QED) is 0.236. The smallest absolute Gasteiger partial charge is 0.184 e. The van der Waals surface area contributed by atoms with Gasteiger partial charge in [0, 0.05) is 0 Å². The largest absolute Gasteiger partial charge is 0.374 e. The molecule has 0 saturated carbocycles. The molecule has 1 saturated heterocycles. The van der Waals surface area contributed by atoms with Gasteiger partial charge in [-0.2, -0.15) is 0 Å². The molecule has 0 bridgehead atoms. The molecule has 0 unspecified atom stereocenters. The lowest BCUT2D eigenvalue weighted by Crippen LogP contribution is -2.61. The van der Waals surface area contributed by atoms with Gasteiger partial charge in [0.1, 0.15) is 24.4 Å². The number of aliphatic hydroxyl groups is 1. The third kappa shape index (κ3) is 8.08. The number of aliphatic hydroxyl groups excluding tert-OH is 1. The molecule has 1 fully saturated rings. The van der Waals surface area contributed by atoms with Crippen molar-refractivity contribution in [3.63, 3.8) is 0 Å². The Labute approximate surface area is 236 Å². The molecule has 0 spiro atoms. The lowest BCUT2D eigenvalue weighted by molar-refractivity contribution is -0.317. The van der Waals surface area contributed by atoms with Crippen LogP contribution in [-0.4, -0.2) is 42.4 Å². The summed E-state index contributed by atoms with van der Waals surface area (Å²) in [5, 5.41) is 11.2. The van der Waals surface area contributed by atoms with Gasteiger partial charge in [-0.3, -0.25) is 0 Å². The van der Waals surface area contributed by atoms with Crippen LogP contribution >= 0.6 is 0 Å². The van der Waals surface area contributed by atoms with Crippen LogP contribution in [0.2, 0.25) is 0 Å². The molecule has 0 aromatic heterocycles. The zero-order valence-electron chi connectivity index (χ0n) is 22.5. The fourth-order valence-electron chi connectivity index (χ4n) is 4.77. The molecule has 5 atom stereocenters. The van der Waals surface area contributed by atoms with E-state index in [4.69, 9.17) is 23.7 Å².